The van der Waals surface area contributed by atoms with Crippen LogP contribution in [0.3, 0.4) is 0 Å². The molecule has 0 bridgehead atoms. The molecule has 0 unspecified atom stereocenters. The molecule has 1 amide bonds. The molecule has 0 spiro atoms. The fraction of sp³-hybridized carbons (Fsp3) is 0.500. The van der Waals surface area contributed by atoms with Crippen molar-refractivity contribution >= 4 is 11.9 Å². The number of amides is 1. The van der Waals surface area contributed by atoms with Crippen LogP contribution in [-0.2, 0) is 15.0 Å². The molecule has 1 aliphatic rings. The first-order valence-corrected chi connectivity index (χ1v) is 7.00. The van der Waals surface area contributed by atoms with Crippen molar-refractivity contribution in [3.8, 4) is 0 Å². The van der Waals surface area contributed by atoms with Gasteiger partial charge in [-0.25, -0.2) is 0 Å². The monoisotopic (exact) mass is 275 g/mol. The molecule has 1 saturated carbocycles. The van der Waals surface area contributed by atoms with E-state index in [2.05, 4.69) is 6.07 Å². The molecule has 0 aliphatic heterocycles. The van der Waals surface area contributed by atoms with Gasteiger partial charge < -0.3 is 10.0 Å². The number of carboxylic acids is 1. The molecular weight excluding hydrogens is 254 g/mol. The fourth-order valence-corrected chi connectivity index (χ4v) is 3.19. The standard InChI is InChI=1S/C16H21NO3/c1-12-6-5-7-13(10-12)16(8-3-4-9-16)15(20)17(2)11-14(18)19/h5-7,10H,3-4,8-9,11H2,1-2H3,(H,18,19). The SMILES string of the molecule is Cc1cccc(C2(C(=O)N(C)CC(=O)O)CCCC2)c1. The summed E-state index contributed by atoms with van der Waals surface area (Å²) in [6, 6.07) is 8.02. The predicted molar refractivity (Wildman–Crippen MR) is 76.6 cm³/mol. The van der Waals surface area contributed by atoms with Crippen LogP contribution in [0.2, 0.25) is 0 Å². The normalized spacial score (nSPS) is 16.9. The smallest absolute Gasteiger partial charge is 0.323 e. The van der Waals surface area contributed by atoms with E-state index in [-0.39, 0.29) is 12.5 Å². The van der Waals surface area contributed by atoms with Crippen molar-refractivity contribution in [1.29, 1.82) is 0 Å². The number of hydrogen-bond acceptors (Lipinski definition) is 2. The first-order chi connectivity index (χ1) is 9.45. The Morgan fingerprint density at radius 1 is 1.30 bits per heavy atom. The third-order valence-electron chi connectivity index (χ3n) is 4.16. The summed E-state index contributed by atoms with van der Waals surface area (Å²) in [7, 11) is 1.58. The molecule has 20 heavy (non-hydrogen) atoms. The second-order valence-corrected chi connectivity index (χ2v) is 5.71. The highest BCUT2D eigenvalue weighted by Crippen LogP contribution is 2.42. The lowest BCUT2D eigenvalue weighted by molar-refractivity contribution is -0.146. The molecule has 108 valence electrons. The molecule has 1 aromatic carbocycles. The number of hydrogen-bond donors (Lipinski definition) is 1. The minimum Gasteiger partial charge on any atom is -0.480 e. The number of carboxylic acid groups (broad SMARTS) is 1. The van der Waals surface area contributed by atoms with Gasteiger partial charge in [0.1, 0.15) is 6.54 Å². The molecule has 0 aromatic heterocycles. The van der Waals surface area contributed by atoms with E-state index in [1.54, 1.807) is 7.05 Å². The lowest BCUT2D eigenvalue weighted by Crippen LogP contribution is -2.45. The maximum Gasteiger partial charge on any atom is 0.323 e. The fourth-order valence-electron chi connectivity index (χ4n) is 3.19. The van der Waals surface area contributed by atoms with E-state index in [1.165, 1.54) is 4.90 Å². The van der Waals surface area contributed by atoms with Gasteiger partial charge in [-0.2, -0.15) is 0 Å². The summed E-state index contributed by atoms with van der Waals surface area (Å²) >= 11 is 0. The highest BCUT2D eigenvalue weighted by Gasteiger charge is 2.44. The van der Waals surface area contributed by atoms with Crippen LogP contribution < -0.4 is 0 Å². The van der Waals surface area contributed by atoms with E-state index in [1.807, 2.05) is 25.1 Å². The zero-order chi connectivity index (χ0) is 14.8. The van der Waals surface area contributed by atoms with Crippen LogP contribution >= 0.6 is 0 Å². The van der Waals surface area contributed by atoms with Crippen LogP contribution in [0.25, 0.3) is 0 Å². The van der Waals surface area contributed by atoms with Crippen molar-refractivity contribution in [2.75, 3.05) is 13.6 Å². The van der Waals surface area contributed by atoms with Crippen LogP contribution in [0.5, 0.6) is 0 Å². The summed E-state index contributed by atoms with van der Waals surface area (Å²) in [5.41, 5.74) is 1.62. The second-order valence-electron chi connectivity index (χ2n) is 5.71. The zero-order valence-electron chi connectivity index (χ0n) is 12.1. The Balaban J connectivity index is 2.35. The van der Waals surface area contributed by atoms with E-state index in [0.29, 0.717) is 0 Å². The first kappa shape index (κ1) is 14.6. The highest BCUT2D eigenvalue weighted by atomic mass is 16.4. The van der Waals surface area contributed by atoms with Gasteiger partial charge in [0.15, 0.2) is 0 Å². The van der Waals surface area contributed by atoms with Gasteiger partial charge >= 0.3 is 5.97 Å². The van der Waals surface area contributed by atoms with Crippen LogP contribution in [0.4, 0.5) is 0 Å². The molecule has 0 atom stereocenters. The van der Waals surface area contributed by atoms with Crippen LogP contribution in [-0.4, -0.2) is 35.5 Å². The number of carbonyl (C=O) groups excluding carboxylic acids is 1. The lowest BCUT2D eigenvalue weighted by Gasteiger charge is -2.32. The molecule has 0 saturated heterocycles. The van der Waals surface area contributed by atoms with Gasteiger partial charge in [-0.05, 0) is 25.3 Å². The van der Waals surface area contributed by atoms with Crippen LogP contribution in [0, 0.1) is 6.92 Å². The summed E-state index contributed by atoms with van der Waals surface area (Å²) in [6.45, 7) is 1.77. The minimum atomic E-state index is -0.974. The van der Waals surface area contributed by atoms with Crippen molar-refractivity contribution in [2.24, 2.45) is 0 Å². The number of rotatable bonds is 4. The van der Waals surface area contributed by atoms with Gasteiger partial charge in [0.25, 0.3) is 0 Å². The number of aliphatic carboxylic acids is 1. The van der Waals surface area contributed by atoms with Gasteiger partial charge in [0, 0.05) is 7.05 Å². The Labute approximate surface area is 119 Å². The molecule has 0 radical (unpaired) electrons. The Morgan fingerprint density at radius 2 is 1.95 bits per heavy atom. The molecule has 1 fully saturated rings. The average Bonchev–Trinajstić information content (AvgIpc) is 2.87. The van der Waals surface area contributed by atoms with E-state index in [0.717, 1.165) is 36.8 Å². The molecule has 0 heterocycles. The third-order valence-corrected chi connectivity index (χ3v) is 4.16. The van der Waals surface area contributed by atoms with Gasteiger partial charge in [-0.15, -0.1) is 0 Å². The van der Waals surface area contributed by atoms with Crippen molar-refractivity contribution < 1.29 is 14.7 Å². The van der Waals surface area contributed by atoms with Crippen molar-refractivity contribution in [3.05, 3.63) is 35.4 Å². The number of benzene rings is 1. The Hall–Kier alpha value is -1.84. The predicted octanol–water partition coefficient (Wildman–Crippen LogP) is 2.35. The third kappa shape index (κ3) is 2.69. The molecule has 1 N–H and O–H groups in total. The first-order valence-electron chi connectivity index (χ1n) is 7.00. The summed E-state index contributed by atoms with van der Waals surface area (Å²) in [5, 5.41) is 8.88. The summed E-state index contributed by atoms with van der Waals surface area (Å²) < 4.78 is 0. The van der Waals surface area contributed by atoms with E-state index >= 15 is 0 Å². The maximum absolute atomic E-state index is 12.8. The van der Waals surface area contributed by atoms with E-state index in [9.17, 15) is 9.59 Å². The Bertz CT molecular complexity index is 518. The van der Waals surface area contributed by atoms with Gasteiger partial charge in [0.2, 0.25) is 5.91 Å². The molecule has 2 rings (SSSR count). The highest BCUT2D eigenvalue weighted by molar-refractivity contribution is 5.90. The largest absolute Gasteiger partial charge is 0.480 e. The topological polar surface area (TPSA) is 57.6 Å². The number of nitrogens with zero attached hydrogens (tertiary/aromatic N) is 1. The van der Waals surface area contributed by atoms with Crippen molar-refractivity contribution in [1.82, 2.24) is 4.90 Å². The molecule has 1 aromatic rings. The van der Waals surface area contributed by atoms with Crippen LogP contribution in [0.15, 0.2) is 24.3 Å². The van der Waals surface area contributed by atoms with Crippen LogP contribution in [0.1, 0.15) is 36.8 Å². The second kappa shape index (κ2) is 5.65. The summed E-state index contributed by atoms with van der Waals surface area (Å²) in [6.07, 6.45) is 3.64. The maximum atomic E-state index is 12.8. The number of carbonyl (C=O) groups is 2. The molecule has 4 nitrogen and oxygen atoms in total. The molecule has 1 aliphatic carbocycles. The molecular formula is C16H21NO3. The van der Waals surface area contributed by atoms with Gasteiger partial charge in [0.05, 0.1) is 5.41 Å². The lowest BCUT2D eigenvalue weighted by atomic mass is 9.77. The Kier molecular flexibility index (Phi) is 4.12. The number of aryl methyl sites for hydroxylation is 1. The van der Waals surface area contributed by atoms with E-state index in [4.69, 9.17) is 5.11 Å². The van der Waals surface area contributed by atoms with Crippen molar-refractivity contribution in [3.63, 3.8) is 0 Å². The summed E-state index contributed by atoms with van der Waals surface area (Å²) in [4.78, 5) is 25.0. The summed E-state index contributed by atoms with van der Waals surface area (Å²) in [5.74, 6) is -1.04. The Morgan fingerprint density at radius 3 is 2.50 bits per heavy atom. The van der Waals surface area contributed by atoms with Gasteiger partial charge in [-0.1, -0.05) is 42.7 Å². The average molecular weight is 275 g/mol. The van der Waals surface area contributed by atoms with Gasteiger partial charge in [-0.3, -0.25) is 9.59 Å². The number of likely N-dealkylation sites (N-methyl/N-ethyl adjacent to an activating group) is 1. The minimum absolute atomic E-state index is 0.0667. The van der Waals surface area contributed by atoms with E-state index < -0.39 is 11.4 Å². The van der Waals surface area contributed by atoms with Crippen molar-refractivity contribution in [2.45, 2.75) is 38.0 Å². The quantitative estimate of drug-likeness (QED) is 0.917. The molecule has 4 heteroatoms. The zero-order valence-corrected chi connectivity index (χ0v) is 12.1.